The Kier molecular flexibility index (Phi) is 4.12. The number of aliphatic hydroxyl groups excluding tert-OH is 1. The van der Waals surface area contributed by atoms with Crippen molar-refractivity contribution in [1.82, 2.24) is 0 Å². The average Bonchev–Trinajstić information content (AvgIpc) is 2.46. The van der Waals surface area contributed by atoms with E-state index in [1.54, 1.807) is 42.5 Å². The van der Waals surface area contributed by atoms with E-state index in [0.717, 1.165) is 0 Å². The van der Waals surface area contributed by atoms with Crippen molar-refractivity contribution >= 4 is 0 Å². The first-order valence-electron chi connectivity index (χ1n) is 5.88. The van der Waals surface area contributed by atoms with Crippen LogP contribution in [0.25, 0.3) is 0 Å². The largest absolute Gasteiger partial charge is 0.487 e. The molecule has 0 saturated heterocycles. The van der Waals surface area contributed by atoms with E-state index in [4.69, 9.17) is 9.84 Å². The van der Waals surface area contributed by atoms with Gasteiger partial charge < -0.3 is 9.84 Å². The molecule has 0 aromatic heterocycles. The van der Waals surface area contributed by atoms with Gasteiger partial charge >= 0.3 is 5.92 Å². The maximum absolute atomic E-state index is 13.8. The smallest absolute Gasteiger partial charge is 0.306 e. The summed E-state index contributed by atoms with van der Waals surface area (Å²) in [7, 11) is 0. The average molecular weight is 264 g/mol. The minimum atomic E-state index is -3.05. The molecule has 0 unspecified atom stereocenters. The summed E-state index contributed by atoms with van der Waals surface area (Å²) in [5.74, 6) is -2.72. The van der Waals surface area contributed by atoms with Crippen molar-refractivity contribution in [2.75, 3.05) is 6.61 Å². The maximum atomic E-state index is 13.8. The first kappa shape index (κ1) is 13.5. The number of benzene rings is 2. The van der Waals surface area contributed by atoms with Crippen LogP contribution < -0.4 is 4.74 Å². The van der Waals surface area contributed by atoms with Crippen LogP contribution in [-0.2, 0) is 12.5 Å². The Hall–Kier alpha value is -1.94. The van der Waals surface area contributed by atoms with Crippen molar-refractivity contribution in [3.8, 4) is 5.75 Å². The molecule has 0 aliphatic carbocycles. The van der Waals surface area contributed by atoms with Crippen molar-refractivity contribution in [1.29, 1.82) is 0 Å². The zero-order valence-corrected chi connectivity index (χ0v) is 10.2. The molecule has 0 aliphatic rings. The third-order valence-electron chi connectivity index (χ3n) is 2.70. The number of ether oxygens (including phenoxy) is 1. The van der Waals surface area contributed by atoms with E-state index in [1.807, 2.05) is 0 Å². The van der Waals surface area contributed by atoms with Crippen LogP contribution in [0.5, 0.6) is 5.75 Å². The minimum absolute atomic E-state index is 0.0756. The molecule has 2 rings (SSSR count). The second kappa shape index (κ2) is 5.80. The van der Waals surface area contributed by atoms with Crippen molar-refractivity contribution in [3.05, 3.63) is 65.7 Å². The second-order valence-electron chi connectivity index (χ2n) is 4.16. The highest BCUT2D eigenvalue weighted by atomic mass is 19.3. The lowest BCUT2D eigenvalue weighted by Crippen LogP contribution is -2.23. The first-order chi connectivity index (χ1) is 9.12. The van der Waals surface area contributed by atoms with E-state index in [0.29, 0.717) is 11.3 Å². The predicted molar refractivity (Wildman–Crippen MR) is 68.2 cm³/mol. The standard InChI is InChI=1S/C15H14F2O2/c16-15(17,13-6-2-1-3-7-13)11-19-14-8-4-5-12(9-14)10-18/h1-9,18H,10-11H2. The van der Waals surface area contributed by atoms with Crippen LogP contribution in [0, 0.1) is 0 Å². The van der Waals surface area contributed by atoms with Gasteiger partial charge in [0.05, 0.1) is 6.61 Å². The van der Waals surface area contributed by atoms with Gasteiger partial charge in [-0.25, -0.2) is 0 Å². The van der Waals surface area contributed by atoms with Gasteiger partial charge in [0.25, 0.3) is 0 Å². The molecule has 19 heavy (non-hydrogen) atoms. The van der Waals surface area contributed by atoms with Crippen molar-refractivity contribution in [3.63, 3.8) is 0 Å². The molecule has 0 spiro atoms. The van der Waals surface area contributed by atoms with Crippen LogP contribution in [-0.4, -0.2) is 11.7 Å². The molecule has 2 aromatic rings. The van der Waals surface area contributed by atoms with Gasteiger partial charge in [0.1, 0.15) is 5.75 Å². The first-order valence-corrected chi connectivity index (χ1v) is 5.88. The van der Waals surface area contributed by atoms with Gasteiger partial charge in [-0.05, 0) is 17.7 Å². The highest BCUT2D eigenvalue weighted by Gasteiger charge is 2.32. The summed E-state index contributed by atoms with van der Waals surface area (Å²) >= 11 is 0. The fourth-order valence-corrected chi connectivity index (χ4v) is 1.67. The Morgan fingerprint density at radius 2 is 1.74 bits per heavy atom. The van der Waals surface area contributed by atoms with Crippen molar-refractivity contribution in [2.24, 2.45) is 0 Å². The lowest BCUT2D eigenvalue weighted by Gasteiger charge is -2.17. The lowest BCUT2D eigenvalue weighted by molar-refractivity contribution is -0.0467. The van der Waals surface area contributed by atoms with E-state index >= 15 is 0 Å². The third kappa shape index (κ3) is 3.51. The summed E-state index contributed by atoms with van der Waals surface area (Å²) in [6.07, 6.45) is 0. The van der Waals surface area contributed by atoms with E-state index in [2.05, 4.69) is 0 Å². The fraction of sp³-hybridized carbons (Fsp3) is 0.200. The molecular formula is C15H14F2O2. The lowest BCUT2D eigenvalue weighted by atomic mass is 10.1. The summed E-state index contributed by atoms with van der Waals surface area (Å²) in [4.78, 5) is 0. The molecule has 0 bridgehead atoms. The predicted octanol–water partition coefficient (Wildman–Crippen LogP) is 3.35. The Balaban J connectivity index is 2.05. The molecule has 0 saturated carbocycles. The van der Waals surface area contributed by atoms with Gasteiger partial charge in [-0.1, -0.05) is 42.5 Å². The zero-order chi connectivity index (χ0) is 13.7. The molecule has 0 fully saturated rings. The number of alkyl halides is 2. The van der Waals surface area contributed by atoms with Crippen LogP contribution in [0.15, 0.2) is 54.6 Å². The Bertz CT molecular complexity index is 527. The molecule has 4 heteroatoms. The van der Waals surface area contributed by atoms with E-state index in [-0.39, 0.29) is 12.2 Å². The third-order valence-corrected chi connectivity index (χ3v) is 2.70. The molecule has 2 nitrogen and oxygen atoms in total. The Morgan fingerprint density at radius 3 is 2.42 bits per heavy atom. The van der Waals surface area contributed by atoms with Crippen LogP contribution >= 0.6 is 0 Å². The Morgan fingerprint density at radius 1 is 1.00 bits per heavy atom. The molecule has 100 valence electrons. The molecule has 1 N–H and O–H groups in total. The molecular weight excluding hydrogens is 250 g/mol. The summed E-state index contributed by atoms with van der Waals surface area (Å²) in [5.41, 5.74) is 0.550. The maximum Gasteiger partial charge on any atom is 0.306 e. The monoisotopic (exact) mass is 264 g/mol. The van der Waals surface area contributed by atoms with E-state index < -0.39 is 12.5 Å². The van der Waals surface area contributed by atoms with Crippen LogP contribution in [0.3, 0.4) is 0 Å². The molecule has 0 heterocycles. The molecule has 0 aliphatic heterocycles. The fourth-order valence-electron chi connectivity index (χ4n) is 1.67. The van der Waals surface area contributed by atoms with Crippen molar-refractivity contribution in [2.45, 2.75) is 12.5 Å². The van der Waals surface area contributed by atoms with Gasteiger partial charge in [-0.3, -0.25) is 0 Å². The summed E-state index contributed by atoms with van der Waals surface area (Å²) < 4.78 is 32.8. The highest BCUT2D eigenvalue weighted by Crippen LogP contribution is 2.28. The van der Waals surface area contributed by atoms with Crippen LogP contribution in [0.4, 0.5) is 8.78 Å². The van der Waals surface area contributed by atoms with Gasteiger partial charge in [0.15, 0.2) is 6.61 Å². The number of aliphatic hydroxyl groups is 1. The van der Waals surface area contributed by atoms with Gasteiger partial charge in [-0.15, -0.1) is 0 Å². The number of hydrogen-bond acceptors (Lipinski definition) is 2. The van der Waals surface area contributed by atoms with E-state index in [9.17, 15) is 8.78 Å². The van der Waals surface area contributed by atoms with Gasteiger partial charge in [0.2, 0.25) is 0 Å². The summed E-state index contributed by atoms with van der Waals surface area (Å²) in [6.45, 7) is -0.877. The normalized spacial score (nSPS) is 11.3. The quantitative estimate of drug-likeness (QED) is 0.897. The van der Waals surface area contributed by atoms with Crippen LogP contribution in [0.1, 0.15) is 11.1 Å². The number of halogens is 2. The number of hydrogen-bond donors (Lipinski definition) is 1. The zero-order valence-electron chi connectivity index (χ0n) is 10.2. The van der Waals surface area contributed by atoms with Gasteiger partial charge in [0, 0.05) is 5.56 Å². The molecule has 0 radical (unpaired) electrons. The SMILES string of the molecule is OCc1cccc(OCC(F)(F)c2ccccc2)c1. The van der Waals surface area contributed by atoms with Gasteiger partial charge in [-0.2, -0.15) is 8.78 Å². The topological polar surface area (TPSA) is 29.5 Å². The Labute approximate surface area is 110 Å². The van der Waals surface area contributed by atoms with Crippen LogP contribution in [0.2, 0.25) is 0 Å². The molecule has 0 amide bonds. The number of rotatable bonds is 5. The second-order valence-corrected chi connectivity index (χ2v) is 4.16. The van der Waals surface area contributed by atoms with E-state index in [1.165, 1.54) is 12.1 Å². The molecule has 2 aromatic carbocycles. The summed E-state index contributed by atoms with van der Waals surface area (Å²) in [5, 5.41) is 8.96. The molecule has 0 atom stereocenters. The van der Waals surface area contributed by atoms with Crippen molar-refractivity contribution < 1.29 is 18.6 Å². The summed E-state index contributed by atoms with van der Waals surface area (Å²) in [6, 6.07) is 14.0. The minimum Gasteiger partial charge on any atom is -0.487 e. The highest BCUT2D eigenvalue weighted by molar-refractivity contribution is 5.28.